The van der Waals surface area contributed by atoms with Crippen LogP contribution in [0.15, 0.2) is 59.4 Å². The Morgan fingerprint density at radius 1 is 1.00 bits per heavy atom. The molecule has 0 saturated carbocycles. The number of hydrogen-bond donors (Lipinski definition) is 0. The van der Waals surface area contributed by atoms with Crippen LogP contribution in [0.1, 0.15) is 23.6 Å². The van der Waals surface area contributed by atoms with Gasteiger partial charge in [0.15, 0.2) is 0 Å². The molecule has 2 aromatic carbocycles. The molecule has 0 atom stereocenters. The van der Waals surface area contributed by atoms with Crippen LogP contribution in [0.5, 0.6) is 0 Å². The predicted molar refractivity (Wildman–Crippen MR) is 113 cm³/mol. The summed E-state index contributed by atoms with van der Waals surface area (Å²) in [4.78, 5) is 26.8. The van der Waals surface area contributed by atoms with E-state index in [0.29, 0.717) is 12.2 Å². The lowest BCUT2D eigenvalue weighted by atomic mass is 10.0. The Balaban J connectivity index is 1.90. The predicted octanol–water partition coefficient (Wildman–Crippen LogP) is 3.89. The molecule has 0 aliphatic rings. The zero-order valence-corrected chi connectivity index (χ0v) is 16.8. The maximum Gasteiger partial charge on any atom is 0.267 e. The molecule has 5 nitrogen and oxygen atoms in total. The molecule has 1 amide bonds. The summed E-state index contributed by atoms with van der Waals surface area (Å²) in [7, 11) is 0. The summed E-state index contributed by atoms with van der Waals surface area (Å²) in [6, 6.07) is 17.0. The Bertz CT molecular complexity index is 1070. The first-order valence-electron chi connectivity index (χ1n) is 9.42. The van der Waals surface area contributed by atoms with E-state index in [2.05, 4.69) is 12.0 Å². The number of carbonyl (C=O) groups is 1. The number of benzene rings is 2. The molecule has 0 bridgehead atoms. The van der Waals surface area contributed by atoms with E-state index < -0.39 is 0 Å². The van der Waals surface area contributed by atoms with Gasteiger partial charge in [0.25, 0.3) is 5.56 Å². The maximum atomic E-state index is 12.9. The van der Waals surface area contributed by atoms with Crippen molar-refractivity contribution in [2.75, 3.05) is 11.4 Å². The van der Waals surface area contributed by atoms with Crippen LogP contribution in [0.4, 0.5) is 5.69 Å². The highest BCUT2D eigenvalue weighted by molar-refractivity contribution is 5.93. The van der Waals surface area contributed by atoms with Gasteiger partial charge in [-0.05, 0) is 68.7 Å². The number of hydrogen-bond acceptors (Lipinski definition) is 3. The topological polar surface area (TPSA) is 55.2 Å². The molecule has 0 unspecified atom stereocenters. The van der Waals surface area contributed by atoms with E-state index in [1.165, 1.54) is 16.3 Å². The summed E-state index contributed by atoms with van der Waals surface area (Å²) in [5.41, 5.74) is 5.57. The van der Waals surface area contributed by atoms with Crippen LogP contribution in [-0.4, -0.2) is 22.2 Å². The van der Waals surface area contributed by atoms with Gasteiger partial charge in [-0.1, -0.05) is 24.3 Å². The zero-order chi connectivity index (χ0) is 20.3. The Labute approximate surface area is 165 Å². The van der Waals surface area contributed by atoms with Crippen molar-refractivity contribution in [2.24, 2.45) is 0 Å². The quantitative estimate of drug-likeness (QED) is 0.680. The minimum absolute atomic E-state index is 0.0979. The van der Waals surface area contributed by atoms with E-state index in [-0.39, 0.29) is 18.0 Å². The summed E-state index contributed by atoms with van der Waals surface area (Å²) in [6.07, 6.45) is 0. The van der Waals surface area contributed by atoms with Gasteiger partial charge in [-0.15, -0.1) is 0 Å². The second-order valence-electron chi connectivity index (χ2n) is 6.99. The number of likely N-dealkylation sites (N-methyl/N-ethyl adjacent to an activating group) is 1. The van der Waals surface area contributed by atoms with Crippen molar-refractivity contribution in [1.82, 2.24) is 9.78 Å². The number of rotatable bonds is 5. The van der Waals surface area contributed by atoms with Crippen LogP contribution in [0.25, 0.3) is 11.3 Å². The van der Waals surface area contributed by atoms with Gasteiger partial charge in [0.2, 0.25) is 5.91 Å². The van der Waals surface area contributed by atoms with Crippen molar-refractivity contribution in [3.05, 3.63) is 81.6 Å². The first-order chi connectivity index (χ1) is 13.4. The van der Waals surface area contributed by atoms with Gasteiger partial charge in [-0.2, -0.15) is 5.10 Å². The normalized spacial score (nSPS) is 10.7. The number of aryl methyl sites for hydroxylation is 3. The van der Waals surface area contributed by atoms with Crippen molar-refractivity contribution >= 4 is 11.6 Å². The molecule has 0 saturated heterocycles. The fraction of sp³-hybridized carbons (Fsp3) is 0.261. The molecule has 0 fully saturated rings. The lowest BCUT2D eigenvalue weighted by Gasteiger charge is -2.21. The summed E-state index contributed by atoms with van der Waals surface area (Å²) < 4.78 is 1.24. The number of amides is 1. The minimum atomic E-state index is -0.291. The molecule has 5 heteroatoms. The first-order valence-corrected chi connectivity index (χ1v) is 9.42. The molecule has 1 heterocycles. The maximum absolute atomic E-state index is 12.9. The molecule has 0 radical (unpaired) electrons. The molecule has 0 spiro atoms. The van der Waals surface area contributed by atoms with Crippen LogP contribution in [-0.2, 0) is 11.3 Å². The van der Waals surface area contributed by atoms with E-state index in [4.69, 9.17) is 0 Å². The highest BCUT2D eigenvalue weighted by Gasteiger charge is 2.16. The molecular weight excluding hydrogens is 350 g/mol. The van der Waals surface area contributed by atoms with Crippen LogP contribution in [0.3, 0.4) is 0 Å². The van der Waals surface area contributed by atoms with Crippen molar-refractivity contribution in [3.63, 3.8) is 0 Å². The number of anilines is 1. The summed E-state index contributed by atoms with van der Waals surface area (Å²) in [5, 5.41) is 4.44. The minimum Gasteiger partial charge on any atom is -0.311 e. The second kappa shape index (κ2) is 8.21. The molecule has 0 aliphatic carbocycles. The Morgan fingerprint density at radius 3 is 2.46 bits per heavy atom. The van der Waals surface area contributed by atoms with E-state index in [9.17, 15) is 9.59 Å². The smallest absolute Gasteiger partial charge is 0.267 e. The highest BCUT2D eigenvalue weighted by Crippen LogP contribution is 2.20. The summed E-state index contributed by atoms with van der Waals surface area (Å²) in [6.45, 7) is 8.42. The zero-order valence-electron chi connectivity index (χ0n) is 16.8. The fourth-order valence-electron chi connectivity index (χ4n) is 3.13. The van der Waals surface area contributed by atoms with Gasteiger partial charge in [0.1, 0.15) is 6.54 Å². The van der Waals surface area contributed by atoms with Gasteiger partial charge >= 0.3 is 0 Å². The van der Waals surface area contributed by atoms with Crippen LogP contribution in [0.2, 0.25) is 0 Å². The first kappa shape index (κ1) is 19.5. The molecule has 3 aromatic rings. The fourth-order valence-corrected chi connectivity index (χ4v) is 3.13. The molecule has 28 heavy (non-hydrogen) atoms. The summed E-state index contributed by atoms with van der Waals surface area (Å²) in [5.74, 6) is -0.167. The largest absolute Gasteiger partial charge is 0.311 e. The van der Waals surface area contributed by atoms with Crippen molar-refractivity contribution in [1.29, 1.82) is 0 Å². The number of nitrogens with zero attached hydrogens (tertiary/aromatic N) is 3. The molecule has 0 N–H and O–H groups in total. The van der Waals surface area contributed by atoms with Gasteiger partial charge in [0.05, 0.1) is 5.69 Å². The van der Waals surface area contributed by atoms with Gasteiger partial charge in [-0.25, -0.2) is 4.68 Å². The third-order valence-corrected chi connectivity index (χ3v) is 4.88. The van der Waals surface area contributed by atoms with Gasteiger partial charge in [0, 0.05) is 23.9 Å². The van der Waals surface area contributed by atoms with Crippen LogP contribution >= 0.6 is 0 Å². The average molecular weight is 375 g/mol. The van der Waals surface area contributed by atoms with Crippen molar-refractivity contribution < 1.29 is 4.79 Å². The highest BCUT2D eigenvalue weighted by atomic mass is 16.2. The monoisotopic (exact) mass is 375 g/mol. The van der Waals surface area contributed by atoms with Crippen molar-refractivity contribution in [3.8, 4) is 11.3 Å². The van der Waals surface area contributed by atoms with Crippen LogP contribution in [0, 0.1) is 20.8 Å². The standard InChI is InChI=1S/C23H25N3O2/c1-5-25(20-8-6-7-16(2)13-20)23(28)15-26-22(27)12-11-21(24-26)19-10-9-17(3)18(4)14-19/h6-14H,5,15H2,1-4H3. The Morgan fingerprint density at radius 2 is 1.79 bits per heavy atom. The van der Waals surface area contributed by atoms with Gasteiger partial charge in [-0.3, -0.25) is 9.59 Å². The second-order valence-corrected chi connectivity index (χ2v) is 6.99. The molecule has 0 aliphatic heterocycles. The Kier molecular flexibility index (Phi) is 5.73. The van der Waals surface area contributed by atoms with E-state index in [0.717, 1.165) is 22.4 Å². The van der Waals surface area contributed by atoms with Crippen LogP contribution < -0.4 is 10.5 Å². The van der Waals surface area contributed by atoms with Crippen molar-refractivity contribution in [2.45, 2.75) is 34.2 Å². The summed E-state index contributed by atoms with van der Waals surface area (Å²) >= 11 is 0. The SMILES string of the molecule is CCN(C(=O)Cn1nc(-c2ccc(C)c(C)c2)ccc1=O)c1cccc(C)c1. The third kappa shape index (κ3) is 4.19. The average Bonchev–Trinajstić information content (AvgIpc) is 2.66. The van der Waals surface area contributed by atoms with Gasteiger partial charge < -0.3 is 4.90 Å². The number of carbonyl (C=O) groups excluding carboxylic acids is 1. The molecular formula is C23H25N3O2. The van der Waals surface area contributed by atoms with E-state index in [1.54, 1.807) is 11.0 Å². The molecule has 1 aromatic heterocycles. The lowest BCUT2D eigenvalue weighted by Crippen LogP contribution is -2.37. The molecule has 144 valence electrons. The Hall–Kier alpha value is -3.21. The number of aromatic nitrogens is 2. The third-order valence-electron chi connectivity index (χ3n) is 4.88. The van der Waals surface area contributed by atoms with E-state index in [1.807, 2.05) is 63.2 Å². The molecule has 3 rings (SSSR count). The van der Waals surface area contributed by atoms with E-state index >= 15 is 0 Å². The lowest BCUT2D eigenvalue weighted by molar-refractivity contribution is -0.119.